The molecule has 0 saturated carbocycles. The van der Waals surface area contributed by atoms with Gasteiger partial charge in [-0.2, -0.15) is 5.26 Å². The SMILES string of the molecule is Cc1nc(Nc2nc(C(=O)NCCOC[C@@H]3CCCO3)cs2)cc(C2CCN(CC#N)CC2)n1. The lowest BCUT2D eigenvalue weighted by atomic mass is 9.93. The van der Waals surface area contributed by atoms with E-state index in [1.54, 1.807) is 5.38 Å². The van der Waals surface area contributed by atoms with Crippen molar-refractivity contribution in [1.29, 1.82) is 5.26 Å². The number of anilines is 2. The van der Waals surface area contributed by atoms with Gasteiger partial charge in [0.2, 0.25) is 0 Å². The second-order valence-electron chi connectivity index (χ2n) is 8.56. The number of nitrogens with zero attached hydrogens (tertiary/aromatic N) is 5. The van der Waals surface area contributed by atoms with Crippen LogP contribution in [-0.4, -0.2) is 77.9 Å². The van der Waals surface area contributed by atoms with Gasteiger partial charge in [-0.05, 0) is 45.7 Å². The summed E-state index contributed by atoms with van der Waals surface area (Å²) in [6.07, 6.45) is 4.25. The molecule has 10 nitrogen and oxygen atoms in total. The fourth-order valence-corrected chi connectivity index (χ4v) is 4.91. The van der Waals surface area contributed by atoms with Gasteiger partial charge in [0.25, 0.3) is 5.91 Å². The molecule has 0 aliphatic carbocycles. The van der Waals surface area contributed by atoms with Crippen molar-refractivity contribution in [2.45, 2.75) is 44.6 Å². The number of aryl methyl sites for hydroxylation is 1. The summed E-state index contributed by atoms with van der Waals surface area (Å²) in [5, 5.41) is 17.3. The van der Waals surface area contributed by atoms with E-state index in [2.05, 4.69) is 36.6 Å². The Bertz CT molecular complexity index is 995. The quantitative estimate of drug-likeness (QED) is 0.386. The molecule has 4 heterocycles. The van der Waals surface area contributed by atoms with Gasteiger partial charge in [-0.3, -0.25) is 9.69 Å². The monoisotopic (exact) mass is 485 g/mol. The summed E-state index contributed by atoms with van der Waals surface area (Å²) < 4.78 is 11.1. The third-order valence-electron chi connectivity index (χ3n) is 5.99. The molecular formula is C23H31N7O3S. The topological polar surface area (TPSA) is 125 Å². The predicted molar refractivity (Wildman–Crippen MR) is 128 cm³/mol. The van der Waals surface area contributed by atoms with Crippen molar-refractivity contribution in [3.05, 3.63) is 28.7 Å². The minimum Gasteiger partial charge on any atom is -0.377 e. The van der Waals surface area contributed by atoms with Crippen LogP contribution in [0, 0.1) is 18.3 Å². The molecule has 0 aromatic carbocycles. The number of hydrogen-bond donors (Lipinski definition) is 2. The van der Waals surface area contributed by atoms with Crippen molar-refractivity contribution in [2.24, 2.45) is 0 Å². The summed E-state index contributed by atoms with van der Waals surface area (Å²) in [4.78, 5) is 28.1. The number of nitrogens with one attached hydrogen (secondary N) is 2. The van der Waals surface area contributed by atoms with Crippen molar-refractivity contribution in [3.63, 3.8) is 0 Å². The Morgan fingerprint density at radius 3 is 2.94 bits per heavy atom. The zero-order valence-corrected chi connectivity index (χ0v) is 20.3. The Morgan fingerprint density at radius 2 is 2.18 bits per heavy atom. The molecule has 1 atom stereocenters. The molecule has 0 bridgehead atoms. The zero-order valence-electron chi connectivity index (χ0n) is 19.5. The maximum atomic E-state index is 12.4. The fourth-order valence-electron chi connectivity index (χ4n) is 4.21. The van der Waals surface area contributed by atoms with Gasteiger partial charge < -0.3 is 20.1 Å². The molecule has 2 fully saturated rings. The van der Waals surface area contributed by atoms with E-state index in [9.17, 15) is 4.79 Å². The molecule has 2 saturated heterocycles. The summed E-state index contributed by atoms with van der Waals surface area (Å²) in [6, 6.07) is 4.18. The van der Waals surface area contributed by atoms with Crippen LogP contribution in [0.25, 0.3) is 0 Å². The molecule has 182 valence electrons. The Labute approximate surface area is 203 Å². The minimum absolute atomic E-state index is 0.185. The molecule has 0 spiro atoms. The van der Waals surface area contributed by atoms with Crippen molar-refractivity contribution in [3.8, 4) is 6.07 Å². The maximum absolute atomic E-state index is 12.4. The highest BCUT2D eigenvalue weighted by Gasteiger charge is 2.22. The number of carbonyl (C=O) groups is 1. The molecule has 2 N–H and O–H groups in total. The van der Waals surface area contributed by atoms with E-state index in [4.69, 9.17) is 14.7 Å². The van der Waals surface area contributed by atoms with Gasteiger partial charge in [0.05, 0.1) is 31.9 Å². The molecule has 34 heavy (non-hydrogen) atoms. The number of hydrogen-bond acceptors (Lipinski definition) is 10. The van der Waals surface area contributed by atoms with E-state index in [1.807, 2.05) is 13.0 Å². The third-order valence-corrected chi connectivity index (χ3v) is 6.75. The number of carbonyl (C=O) groups excluding carboxylic acids is 1. The Balaban J connectivity index is 1.26. The molecule has 11 heteroatoms. The first-order valence-corrected chi connectivity index (χ1v) is 12.6. The van der Waals surface area contributed by atoms with Crippen molar-refractivity contribution in [1.82, 2.24) is 25.2 Å². The lowest BCUT2D eigenvalue weighted by molar-refractivity contribution is 0.0183. The molecule has 2 aromatic heterocycles. The lowest BCUT2D eigenvalue weighted by Gasteiger charge is -2.30. The number of thiazole rings is 1. The Morgan fingerprint density at radius 1 is 1.32 bits per heavy atom. The average molecular weight is 486 g/mol. The van der Waals surface area contributed by atoms with E-state index in [0.29, 0.717) is 54.7 Å². The number of piperidine rings is 1. The predicted octanol–water partition coefficient (Wildman–Crippen LogP) is 2.61. The molecule has 1 amide bonds. The summed E-state index contributed by atoms with van der Waals surface area (Å²) in [5.41, 5.74) is 1.37. The molecule has 0 radical (unpaired) electrons. The highest BCUT2D eigenvalue weighted by Crippen LogP contribution is 2.29. The van der Waals surface area contributed by atoms with E-state index in [-0.39, 0.29) is 12.0 Å². The molecule has 0 unspecified atom stereocenters. The van der Waals surface area contributed by atoms with Crippen LogP contribution in [0.15, 0.2) is 11.4 Å². The molecule has 2 aliphatic rings. The standard InChI is InChI=1S/C23H31N7O3S/c1-16-26-19(17-4-8-30(9-5-17)10-6-24)13-21(27-16)29-23-28-20(15-34-23)22(31)25-7-12-32-14-18-3-2-11-33-18/h13,15,17-18H,2-5,7-12,14H2,1H3,(H,25,31)(H,26,27,28,29)/t18-/m0/s1. The molecule has 2 aromatic rings. The van der Waals surface area contributed by atoms with Crippen LogP contribution in [0.2, 0.25) is 0 Å². The van der Waals surface area contributed by atoms with Crippen LogP contribution in [0.1, 0.15) is 53.6 Å². The lowest BCUT2D eigenvalue weighted by Crippen LogP contribution is -2.33. The maximum Gasteiger partial charge on any atom is 0.270 e. The molecule has 2 aliphatic heterocycles. The van der Waals surface area contributed by atoms with Crippen LogP contribution in [0.3, 0.4) is 0 Å². The van der Waals surface area contributed by atoms with Crippen molar-refractivity contribution < 1.29 is 14.3 Å². The second-order valence-corrected chi connectivity index (χ2v) is 9.42. The molecule has 4 rings (SSSR count). The van der Waals surface area contributed by atoms with Crippen molar-refractivity contribution >= 4 is 28.2 Å². The van der Waals surface area contributed by atoms with Gasteiger partial charge >= 0.3 is 0 Å². The van der Waals surface area contributed by atoms with Gasteiger partial charge in [0.1, 0.15) is 17.3 Å². The minimum atomic E-state index is -0.228. The summed E-state index contributed by atoms with van der Waals surface area (Å²) in [7, 11) is 0. The van der Waals surface area contributed by atoms with E-state index in [1.165, 1.54) is 11.3 Å². The van der Waals surface area contributed by atoms with Gasteiger partial charge in [0, 0.05) is 36.2 Å². The van der Waals surface area contributed by atoms with E-state index < -0.39 is 0 Å². The largest absolute Gasteiger partial charge is 0.377 e. The van der Waals surface area contributed by atoms with Crippen LogP contribution in [0.4, 0.5) is 10.9 Å². The Hall–Kier alpha value is -2.65. The number of ether oxygens (including phenoxy) is 2. The third kappa shape index (κ3) is 6.93. The van der Waals surface area contributed by atoms with E-state index >= 15 is 0 Å². The van der Waals surface area contributed by atoms with E-state index in [0.717, 1.165) is 51.1 Å². The average Bonchev–Trinajstić information content (AvgIpc) is 3.51. The van der Waals surface area contributed by atoms with Crippen LogP contribution in [-0.2, 0) is 9.47 Å². The van der Waals surface area contributed by atoms with Crippen LogP contribution < -0.4 is 10.6 Å². The van der Waals surface area contributed by atoms with Gasteiger partial charge in [-0.15, -0.1) is 11.3 Å². The van der Waals surface area contributed by atoms with Crippen LogP contribution in [0.5, 0.6) is 0 Å². The smallest absolute Gasteiger partial charge is 0.270 e. The highest BCUT2D eigenvalue weighted by molar-refractivity contribution is 7.14. The number of rotatable bonds is 10. The van der Waals surface area contributed by atoms with Gasteiger partial charge in [0.15, 0.2) is 5.13 Å². The summed E-state index contributed by atoms with van der Waals surface area (Å²) >= 11 is 1.36. The van der Waals surface area contributed by atoms with Crippen LogP contribution >= 0.6 is 11.3 Å². The first kappa shape index (κ1) is 24.5. The number of aromatic nitrogens is 3. The summed E-state index contributed by atoms with van der Waals surface area (Å²) in [6.45, 7) is 6.39. The van der Waals surface area contributed by atoms with Gasteiger partial charge in [-0.25, -0.2) is 15.0 Å². The molecular weight excluding hydrogens is 454 g/mol. The second kappa shape index (κ2) is 12.2. The Kier molecular flexibility index (Phi) is 8.76. The first-order valence-electron chi connectivity index (χ1n) is 11.8. The van der Waals surface area contributed by atoms with Gasteiger partial charge in [-0.1, -0.05) is 0 Å². The highest BCUT2D eigenvalue weighted by atomic mass is 32.1. The summed E-state index contributed by atoms with van der Waals surface area (Å²) in [5.74, 6) is 1.48. The first-order chi connectivity index (χ1) is 16.6. The number of likely N-dealkylation sites (tertiary alicyclic amines) is 1. The normalized spacial score (nSPS) is 19.1. The zero-order chi connectivity index (χ0) is 23.8. The van der Waals surface area contributed by atoms with Crippen molar-refractivity contribution in [2.75, 3.05) is 51.3 Å². The number of nitriles is 1. The number of amides is 1. The fraction of sp³-hybridized carbons (Fsp3) is 0.609.